The zero-order valence-electron chi connectivity index (χ0n) is 17.4. The van der Waals surface area contributed by atoms with E-state index in [0.717, 1.165) is 32.4 Å². The highest BCUT2D eigenvalue weighted by Gasteiger charge is 2.29. The maximum absolute atomic E-state index is 13.2. The van der Waals surface area contributed by atoms with Gasteiger partial charge in [-0.25, -0.2) is 4.98 Å². The zero-order valence-corrected chi connectivity index (χ0v) is 17.4. The minimum atomic E-state index is -0.262. The molecule has 3 heterocycles. The number of nitrogens with one attached hydrogen (secondary N) is 1. The fraction of sp³-hybridized carbons (Fsp3) is 0.375. The molecule has 0 saturated carbocycles. The smallest absolute Gasteiger partial charge is 0.257 e. The number of benzene rings is 1. The van der Waals surface area contributed by atoms with E-state index in [0.29, 0.717) is 35.7 Å². The number of hydrogen-bond donors (Lipinski definition) is 2. The molecule has 1 fully saturated rings. The van der Waals surface area contributed by atoms with E-state index in [1.807, 2.05) is 0 Å². The topological polar surface area (TPSA) is 85.8 Å². The number of hydrogen-bond acceptors (Lipinski definition) is 5. The van der Waals surface area contributed by atoms with Gasteiger partial charge < -0.3 is 10.4 Å². The third kappa shape index (κ3) is 4.93. The average Bonchev–Trinajstić information content (AvgIpc) is 3.06. The molecule has 0 radical (unpaired) electrons. The molecule has 1 aromatic carbocycles. The van der Waals surface area contributed by atoms with Gasteiger partial charge in [0.2, 0.25) is 5.91 Å². The van der Waals surface area contributed by atoms with Crippen LogP contribution >= 0.6 is 0 Å². The van der Waals surface area contributed by atoms with Crippen molar-refractivity contribution in [2.75, 3.05) is 29.9 Å². The van der Waals surface area contributed by atoms with Gasteiger partial charge in [-0.05, 0) is 50.1 Å². The highest BCUT2D eigenvalue weighted by molar-refractivity contribution is 6.17. The van der Waals surface area contributed by atoms with E-state index < -0.39 is 0 Å². The molecule has 2 N–H and O–H groups in total. The summed E-state index contributed by atoms with van der Waals surface area (Å²) < 4.78 is 0. The van der Waals surface area contributed by atoms with E-state index in [9.17, 15) is 14.7 Å². The van der Waals surface area contributed by atoms with E-state index >= 15 is 0 Å². The highest BCUT2D eigenvalue weighted by atomic mass is 16.3. The first-order chi connectivity index (χ1) is 15.1. The Hall–Kier alpha value is -3.21. The number of fused-ring (bicyclic) bond motifs is 2. The van der Waals surface area contributed by atoms with Crippen molar-refractivity contribution in [3.8, 4) is 11.8 Å². The van der Waals surface area contributed by atoms with E-state index in [-0.39, 0.29) is 24.3 Å². The molecule has 7 nitrogen and oxygen atoms in total. The molecule has 1 saturated heterocycles. The molecule has 2 amide bonds. The summed E-state index contributed by atoms with van der Waals surface area (Å²) in [5.41, 5.74) is 1.47. The van der Waals surface area contributed by atoms with Crippen LogP contribution in [0.15, 0.2) is 42.6 Å². The van der Waals surface area contributed by atoms with Crippen LogP contribution in [0, 0.1) is 11.8 Å². The second-order valence-electron chi connectivity index (χ2n) is 7.79. The maximum atomic E-state index is 13.2. The first kappa shape index (κ1) is 21.0. The van der Waals surface area contributed by atoms with Crippen LogP contribution in [0.2, 0.25) is 0 Å². The predicted molar refractivity (Wildman–Crippen MR) is 119 cm³/mol. The number of likely N-dealkylation sites (tertiary alicyclic amines) is 1. The van der Waals surface area contributed by atoms with Gasteiger partial charge in [-0.1, -0.05) is 18.1 Å². The Balaban J connectivity index is 1.45. The van der Waals surface area contributed by atoms with Crippen LogP contribution in [0.5, 0.6) is 0 Å². The summed E-state index contributed by atoms with van der Waals surface area (Å²) in [5.74, 6) is 6.26. The van der Waals surface area contributed by atoms with Crippen molar-refractivity contribution in [3.63, 3.8) is 0 Å². The van der Waals surface area contributed by atoms with Crippen molar-refractivity contribution in [2.24, 2.45) is 0 Å². The third-order valence-corrected chi connectivity index (χ3v) is 5.57. The van der Waals surface area contributed by atoms with Crippen LogP contribution in [0.4, 0.5) is 17.2 Å². The number of pyridine rings is 1. The normalized spacial score (nSPS) is 18.5. The van der Waals surface area contributed by atoms with Gasteiger partial charge in [0.1, 0.15) is 0 Å². The molecule has 160 valence electrons. The lowest BCUT2D eigenvalue weighted by atomic mass is 10.1. The number of anilines is 3. The van der Waals surface area contributed by atoms with E-state index in [4.69, 9.17) is 0 Å². The van der Waals surface area contributed by atoms with Gasteiger partial charge in [-0.2, -0.15) is 0 Å². The monoisotopic (exact) mass is 418 g/mol. The first-order valence-electron chi connectivity index (χ1n) is 10.7. The quantitative estimate of drug-likeness (QED) is 0.749. The number of aliphatic hydroxyl groups is 1. The summed E-state index contributed by atoms with van der Waals surface area (Å²) in [6.07, 6.45) is 4.68. The molecule has 1 unspecified atom stereocenters. The molecule has 0 bridgehead atoms. The first-order valence-corrected chi connectivity index (χ1v) is 10.7. The third-order valence-electron chi connectivity index (χ3n) is 5.57. The number of amides is 2. The van der Waals surface area contributed by atoms with Crippen molar-refractivity contribution in [2.45, 2.75) is 38.2 Å². The lowest BCUT2D eigenvalue weighted by Crippen LogP contribution is -2.27. The van der Waals surface area contributed by atoms with Crippen LogP contribution in [0.3, 0.4) is 0 Å². The summed E-state index contributed by atoms with van der Waals surface area (Å²) in [4.78, 5) is 33.9. The summed E-state index contributed by atoms with van der Waals surface area (Å²) in [7, 11) is 0. The van der Waals surface area contributed by atoms with Crippen LogP contribution < -0.4 is 10.2 Å². The molecule has 2 aliphatic heterocycles. The number of aromatic nitrogens is 1. The summed E-state index contributed by atoms with van der Waals surface area (Å²) in [5, 5.41) is 12.6. The molecular weight excluding hydrogens is 392 g/mol. The minimum absolute atomic E-state index is 0.156. The van der Waals surface area contributed by atoms with Gasteiger partial charge in [0.15, 0.2) is 5.82 Å². The number of rotatable bonds is 3. The Morgan fingerprint density at radius 2 is 2.03 bits per heavy atom. The fourth-order valence-electron chi connectivity index (χ4n) is 3.92. The molecule has 1 aromatic heterocycles. The summed E-state index contributed by atoms with van der Waals surface area (Å²) in [6.45, 7) is 2.44. The molecule has 1 atom stereocenters. The van der Waals surface area contributed by atoms with Gasteiger partial charge in [0, 0.05) is 25.6 Å². The van der Waals surface area contributed by atoms with E-state index in [1.165, 1.54) is 4.90 Å². The van der Waals surface area contributed by atoms with Crippen LogP contribution in [-0.2, 0) is 4.79 Å². The molecule has 2 aromatic rings. The second-order valence-corrected chi connectivity index (χ2v) is 7.79. The Morgan fingerprint density at radius 1 is 1.16 bits per heavy atom. The average molecular weight is 418 g/mol. The Morgan fingerprint density at radius 3 is 2.94 bits per heavy atom. The lowest BCUT2D eigenvalue weighted by molar-refractivity contribution is -0.117. The van der Waals surface area contributed by atoms with Crippen molar-refractivity contribution < 1.29 is 14.7 Å². The fourth-order valence-corrected chi connectivity index (χ4v) is 3.92. The standard InChI is InChI=1S/C24H26N4O3/c29-18-8-7-16-27(17-13-18)15-5-1-2-12-22(30)28-21-11-4-3-9-19(21)24(31)26-20-10-6-14-25-23(20)28/h3-4,6,9-11,14,18,29H,2,7-8,12-13,15-17H2,(H,26,31). The SMILES string of the molecule is O=C1Nc2cccnc2N(C(=O)CCC#CCN2CCCC(O)CC2)c2ccccc21. The lowest BCUT2D eigenvalue weighted by Gasteiger charge is -2.22. The molecular formula is C24H26N4O3. The van der Waals surface area contributed by atoms with Gasteiger partial charge in [-0.3, -0.25) is 19.4 Å². The number of nitrogens with zero attached hydrogens (tertiary/aromatic N) is 3. The van der Waals surface area contributed by atoms with Crippen molar-refractivity contribution >= 4 is 29.0 Å². The molecule has 2 aliphatic rings. The van der Waals surface area contributed by atoms with Crippen molar-refractivity contribution in [1.29, 1.82) is 0 Å². The Kier molecular flexibility index (Phi) is 6.60. The van der Waals surface area contributed by atoms with E-state index in [2.05, 4.69) is 27.0 Å². The maximum Gasteiger partial charge on any atom is 0.257 e. The highest BCUT2D eigenvalue weighted by Crippen LogP contribution is 2.36. The summed E-state index contributed by atoms with van der Waals surface area (Å²) in [6, 6.07) is 10.5. The summed E-state index contributed by atoms with van der Waals surface area (Å²) >= 11 is 0. The molecule has 4 rings (SSSR count). The van der Waals surface area contributed by atoms with Crippen LogP contribution in [0.1, 0.15) is 42.5 Å². The molecule has 7 heteroatoms. The minimum Gasteiger partial charge on any atom is -0.393 e. The van der Waals surface area contributed by atoms with Gasteiger partial charge in [-0.15, -0.1) is 5.92 Å². The van der Waals surface area contributed by atoms with Gasteiger partial charge >= 0.3 is 0 Å². The molecule has 0 spiro atoms. The molecule has 0 aliphatic carbocycles. The number of para-hydroxylation sites is 1. The zero-order chi connectivity index (χ0) is 21.6. The Labute approximate surface area is 182 Å². The van der Waals surface area contributed by atoms with Gasteiger partial charge in [0.05, 0.1) is 29.6 Å². The van der Waals surface area contributed by atoms with Crippen molar-refractivity contribution in [3.05, 3.63) is 48.2 Å². The second kappa shape index (κ2) is 9.73. The molecule has 31 heavy (non-hydrogen) atoms. The predicted octanol–water partition coefficient (Wildman–Crippen LogP) is 2.94. The number of carbonyl (C=O) groups is 2. The van der Waals surface area contributed by atoms with Gasteiger partial charge in [0.25, 0.3) is 5.91 Å². The van der Waals surface area contributed by atoms with Crippen LogP contribution in [-0.4, -0.2) is 52.5 Å². The van der Waals surface area contributed by atoms with E-state index in [1.54, 1.807) is 42.6 Å². The number of aliphatic hydroxyl groups excluding tert-OH is 1. The number of carbonyl (C=O) groups excluding carboxylic acids is 2. The van der Waals surface area contributed by atoms with Crippen molar-refractivity contribution in [1.82, 2.24) is 9.88 Å². The largest absolute Gasteiger partial charge is 0.393 e. The Bertz CT molecular complexity index is 1030. The van der Waals surface area contributed by atoms with Crippen LogP contribution in [0.25, 0.3) is 0 Å².